The van der Waals surface area contributed by atoms with Gasteiger partial charge in [0.05, 0.1) is 0 Å². The maximum atomic E-state index is 13.2. The van der Waals surface area contributed by atoms with Gasteiger partial charge >= 0.3 is 0 Å². The smallest absolute Gasteiger partial charge is 0.231 e. The molecule has 1 aliphatic rings. The van der Waals surface area contributed by atoms with Crippen LogP contribution in [0, 0.1) is 5.82 Å². The van der Waals surface area contributed by atoms with E-state index in [2.05, 4.69) is 20.6 Å². The van der Waals surface area contributed by atoms with Crippen LogP contribution < -0.4 is 20.1 Å². The summed E-state index contributed by atoms with van der Waals surface area (Å²) in [5.74, 6) is 2.43. The molecule has 4 rings (SSSR count). The second-order valence-corrected chi connectivity index (χ2v) is 5.47. The normalized spacial score (nSPS) is 12.0. The molecule has 1 aliphatic heterocycles. The summed E-state index contributed by atoms with van der Waals surface area (Å²) >= 11 is 0. The first kappa shape index (κ1) is 15.2. The van der Waals surface area contributed by atoms with Crippen LogP contribution in [0.5, 0.6) is 11.5 Å². The Morgan fingerprint density at radius 2 is 1.84 bits per heavy atom. The Morgan fingerprint density at radius 3 is 2.76 bits per heavy atom. The highest BCUT2D eigenvalue weighted by Crippen LogP contribution is 2.32. The fraction of sp³-hybridized carbons (Fsp3) is 0.111. The number of hydrogen-bond donors (Lipinski definition) is 2. The molecule has 126 valence electrons. The lowest BCUT2D eigenvalue weighted by atomic mass is 10.2. The average Bonchev–Trinajstić information content (AvgIpc) is 3.08. The van der Waals surface area contributed by atoms with Gasteiger partial charge in [0, 0.05) is 18.3 Å². The number of nitrogens with zero attached hydrogens (tertiary/aromatic N) is 2. The molecule has 0 unspecified atom stereocenters. The molecule has 0 spiro atoms. The third kappa shape index (κ3) is 3.60. The highest BCUT2D eigenvalue weighted by Gasteiger charge is 2.13. The number of anilines is 3. The van der Waals surface area contributed by atoms with E-state index in [1.807, 2.05) is 18.2 Å². The van der Waals surface area contributed by atoms with Crippen LogP contribution in [0.25, 0.3) is 0 Å². The predicted molar refractivity (Wildman–Crippen MR) is 91.6 cm³/mol. The van der Waals surface area contributed by atoms with Gasteiger partial charge in [-0.3, -0.25) is 0 Å². The van der Waals surface area contributed by atoms with Gasteiger partial charge in [-0.25, -0.2) is 14.4 Å². The first-order valence-corrected chi connectivity index (χ1v) is 7.73. The Morgan fingerprint density at radius 1 is 0.960 bits per heavy atom. The van der Waals surface area contributed by atoms with Crippen LogP contribution in [-0.2, 0) is 6.54 Å². The molecule has 25 heavy (non-hydrogen) atoms. The Bertz CT molecular complexity index is 904. The molecule has 2 aromatic carbocycles. The summed E-state index contributed by atoms with van der Waals surface area (Å²) in [6.07, 6.45) is 1.45. The molecule has 0 atom stereocenters. The van der Waals surface area contributed by atoms with Gasteiger partial charge in [-0.2, -0.15) is 0 Å². The van der Waals surface area contributed by atoms with Crippen molar-refractivity contribution in [3.63, 3.8) is 0 Å². The molecule has 0 saturated heterocycles. The highest BCUT2D eigenvalue weighted by molar-refractivity contribution is 5.58. The van der Waals surface area contributed by atoms with Crippen molar-refractivity contribution >= 4 is 17.3 Å². The van der Waals surface area contributed by atoms with Gasteiger partial charge in [-0.1, -0.05) is 12.1 Å². The van der Waals surface area contributed by atoms with Gasteiger partial charge in [-0.05, 0) is 35.9 Å². The molecule has 0 aliphatic carbocycles. The van der Waals surface area contributed by atoms with Crippen LogP contribution in [0.4, 0.5) is 21.7 Å². The average molecular weight is 338 g/mol. The molecule has 0 amide bonds. The summed E-state index contributed by atoms with van der Waals surface area (Å²) in [7, 11) is 0. The molecule has 1 aromatic heterocycles. The molecule has 2 heterocycles. The van der Waals surface area contributed by atoms with Crippen molar-refractivity contribution in [2.24, 2.45) is 0 Å². The number of halogens is 1. The SMILES string of the molecule is Fc1cccc(Nc2cc(NCc3ccc4c(c3)OCO4)ncn2)c1. The van der Waals surface area contributed by atoms with E-state index in [0.717, 1.165) is 17.1 Å². The standard InChI is InChI=1S/C18H15FN4O2/c19-13-2-1-3-14(7-13)23-18-8-17(21-10-22-18)20-9-12-4-5-15-16(6-12)25-11-24-15/h1-8,10H,9,11H2,(H2,20,21,22,23). The number of rotatable bonds is 5. The number of hydrogen-bond acceptors (Lipinski definition) is 6. The van der Waals surface area contributed by atoms with E-state index < -0.39 is 0 Å². The molecular formula is C18H15FN4O2. The summed E-state index contributed by atoms with van der Waals surface area (Å²) in [6, 6.07) is 13.7. The lowest BCUT2D eigenvalue weighted by Crippen LogP contribution is -2.03. The molecule has 2 N–H and O–H groups in total. The van der Waals surface area contributed by atoms with Crippen LogP contribution in [0.3, 0.4) is 0 Å². The minimum absolute atomic E-state index is 0.257. The van der Waals surface area contributed by atoms with Crippen molar-refractivity contribution in [2.75, 3.05) is 17.4 Å². The number of nitrogens with one attached hydrogen (secondary N) is 2. The van der Waals surface area contributed by atoms with Crippen molar-refractivity contribution in [1.82, 2.24) is 9.97 Å². The second kappa shape index (κ2) is 6.64. The van der Waals surface area contributed by atoms with Crippen LogP contribution in [0.2, 0.25) is 0 Å². The van der Waals surface area contributed by atoms with Crippen molar-refractivity contribution in [2.45, 2.75) is 6.54 Å². The number of fused-ring (bicyclic) bond motifs is 1. The fourth-order valence-electron chi connectivity index (χ4n) is 2.48. The maximum absolute atomic E-state index is 13.2. The third-order valence-electron chi connectivity index (χ3n) is 3.67. The predicted octanol–water partition coefficient (Wildman–Crippen LogP) is 3.70. The zero-order chi connectivity index (χ0) is 17.1. The summed E-state index contributed by atoms with van der Waals surface area (Å²) in [5, 5.41) is 6.28. The van der Waals surface area contributed by atoms with E-state index in [1.54, 1.807) is 18.2 Å². The zero-order valence-electron chi connectivity index (χ0n) is 13.2. The van der Waals surface area contributed by atoms with E-state index in [0.29, 0.717) is 23.9 Å². The minimum Gasteiger partial charge on any atom is -0.454 e. The molecule has 0 saturated carbocycles. The maximum Gasteiger partial charge on any atom is 0.231 e. The molecule has 6 nitrogen and oxygen atoms in total. The Hall–Kier alpha value is -3.35. The quantitative estimate of drug-likeness (QED) is 0.739. The molecule has 0 fully saturated rings. The van der Waals surface area contributed by atoms with Gasteiger partial charge in [0.15, 0.2) is 11.5 Å². The molecule has 0 radical (unpaired) electrons. The van der Waals surface area contributed by atoms with E-state index in [-0.39, 0.29) is 12.6 Å². The Labute approximate surface area is 143 Å². The summed E-state index contributed by atoms with van der Waals surface area (Å²) < 4.78 is 23.9. The van der Waals surface area contributed by atoms with Crippen molar-refractivity contribution < 1.29 is 13.9 Å². The van der Waals surface area contributed by atoms with Crippen molar-refractivity contribution in [1.29, 1.82) is 0 Å². The highest BCUT2D eigenvalue weighted by atomic mass is 19.1. The Kier molecular flexibility index (Phi) is 4.04. The minimum atomic E-state index is -0.305. The van der Waals surface area contributed by atoms with Crippen LogP contribution in [0.1, 0.15) is 5.56 Å². The Balaban J connectivity index is 1.43. The lowest BCUT2D eigenvalue weighted by molar-refractivity contribution is 0.174. The largest absolute Gasteiger partial charge is 0.454 e. The van der Waals surface area contributed by atoms with E-state index >= 15 is 0 Å². The van der Waals surface area contributed by atoms with Crippen molar-refractivity contribution in [3.8, 4) is 11.5 Å². The summed E-state index contributed by atoms with van der Waals surface area (Å²) in [6.45, 7) is 0.834. The first-order valence-electron chi connectivity index (χ1n) is 7.73. The topological polar surface area (TPSA) is 68.3 Å². The van der Waals surface area contributed by atoms with E-state index in [4.69, 9.17) is 9.47 Å². The zero-order valence-corrected chi connectivity index (χ0v) is 13.2. The number of ether oxygens (including phenoxy) is 2. The van der Waals surface area contributed by atoms with Gasteiger partial charge in [-0.15, -0.1) is 0 Å². The van der Waals surface area contributed by atoms with Gasteiger partial charge in [0.2, 0.25) is 6.79 Å². The lowest BCUT2D eigenvalue weighted by Gasteiger charge is -2.09. The van der Waals surface area contributed by atoms with E-state index in [9.17, 15) is 4.39 Å². The fourth-order valence-corrected chi connectivity index (χ4v) is 2.48. The van der Waals surface area contributed by atoms with E-state index in [1.165, 1.54) is 18.5 Å². The monoisotopic (exact) mass is 338 g/mol. The van der Waals surface area contributed by atoms with Crippen molar-refractivity contribution in [3.05, 3.63) is 66.2 Å². The number of benzene rings is 2. The first-order chi connectivity index (χ1) is 12.3. The second-order valence-electron chi connectivity index (χ2n) is 5.47. The molecular weight excluding hydrogens is 323 g/mol. The van der Waals surface area contributed by atoms with Gasteiger partial charge in [0.25, 0.3) is 0 Å². The molecule has 3 aromatic rings. The number of aromatic nitrogens is 2. The van der Waals surface area contributed by atoms with Crippen LogP contribution in [-0.4, -0.2) is 16.8 Å². The van der Waals surface area contributed by atoms with Crippen LogP contribution in [0.15, 0.2) is 54.9 Å². The van der Waals surface area contributed by atoms with Crippen LogP contribution >= 0.6 is 0 Å². The summed E-state index contributed by atoms with van der Waals surface area (Å²) in [5.41, 5.74) is 1.67. The molecule has 0 bridgehead atoms. The summed E-state index contributed by atoms with van der Waals surface area (Å²) in [4.78, 5) is 8.34. The van der Waals surface area contributed by atoms with Gasteiger partial charge < -0.3 is 20.1 Å². The van der Waals surface area contributed by atoms with Gasteiger partial charge in [0.1, 0.15) is 23.8 Å². The third-order valence-corrected chi connectivity index (χ3v) is 3.67. The molecule has 7 heteroatoms.